The number of hydrogen-bond donors (Lipinski definition) is 4. The fourth-order valence-corrected chi connectivity index (χ4v) is 3.79. The molecule has 35 heavy (non-hydrogen) atoms. The number of unbranched alkanes of at least 4 members (excludes halogenated alkanes) is 3. The predicted octanol–water partition coefficient (Wildman–Crippen LogP) is 4.71. The maximum atomic E-state index is 12.5. The fraction of sp³-hybridized carbons (Fsp3) is 0.360. The monoisotopic (exact) mass is 560 g/mol. The second kappa shape index (κ2) is 13.2. The van der Waals surface area contributed by atoms with Gasteiger partial charge in [0.25, 0.3) is 11.8 Å². The van der Waals surface area contributed by atoms with Crippen LogP contribution in [0.1, 0.15) is 66.2 Å². The van der Waals surface area contributed by atoms with E-state index in [4.69, 9.17) is 17.0 Å². The van der Waals surface area contributed by atoms with Crippen LogP contribution in [0, 0.1) is 5.92 Å². The number of hydrazine groups is 1. The van der Waals surface area contributed by atoms with Crippen molar-refractivity contribution in [2.75, 3.05) is 11.9 Å². The van der Waals surface area contributed by atoms with E-state index in [1.165, 1.54) is 12.8 Å². The number of benzene rings is 2. The van der Waals surface area contributed by atoms with Crippen molar-refractivity contribution in [1.29, 1.82) is 0 Å². The van der Waals surface area contributed by atoms with Crippen molar-refractivity contribution < 1.29 is 19.1 Å². The zero-order chi connectivity index (χ0) is 25.2. The van der Waals surface area contributed by atoms with Crippen molar-refractivity contribution in [3.05, 3.63) is 58.1 Å². The number of nitrogens with one attached hydrogen (secondary N) is 4. The average molecular weight is 562 g/mol. The first kappa shape index (κ1) is 26.6. The number of amides is 3. The van der Waals surface area contributed by atoms with Gasteiger partial charge in [-0.05, 0) is 89.9 Å². The number of hydrogen-bond acceptors (Lipinski definition) is 5. The van der Waals surface area contributed by atoms with E-state index in [1.807, 2.05) is 0 Å². The summed E-state index contributed by atoms with van der Waals surface area (Å²) in [6.45, 7) is 2.78. The molecule has 0 aromatic heterocycles. The molecule has 0 heterocycles. The number of anilines is 1. The molecule has 0 spiro atoms. The highest BCUT2D eigenvalue weighted by Gasteiger charge is 2.29. The third-order valence-corrected chi connectivity index (χ3v) is 6.15. The Kier molecular flexibility index (Phi) is 10.0. The lowest BCUT2D eigenvalue weighted by molar-refractivity contribution is -0.117. The minimum atomic E-state index is -0.440. The first-order chi connectivity index (χ1) is 16.9. The first-order valence-electron chi connectivity index (χ1n) is 11.6. The third-order valence-electron chi connectivity index (χ3n) is 5.33. The van der Waals surface area contributed by atoms with Crippen molar-refractivity contribution in [2.45, 2.75) is 45.4 Å². The molecule has 0 bridgehead atoms. The number of rotatable bonds is 10. The lowest BCUT2D eigenvalue weighted by Gasteiger charge is -2.12. The van der Waals surface area contributed by atoms with E-state index in [2.05, 4.69) is 44.3 Å². The van der Waals surface area contributed by atoms with Crippen molar-refractivity contribution >= 4 is 56.7 Å². The molecule has 10 heteroatoms. The van der Waals surface area contributed by atoms with Crippen LogP contribution in [-0.4, -0.2) is 29.4 Å². The summed E-state index contributed by atoms with van der Waals surface area (Å²) < 4.78 is 6.43. The minimum absolute atomic E-state index is 0.00145. The van der Waals surface area contributed by atoms with Crippen LogP contribution in [0.3, 0.4) is 0 Å². The molecule has 0 radical (unpaired) electrons. The zero-order valence-corrected chi connectivity index (χ0v) is 21.9. The van der Waals surface area contributed by atoms with Gasteiger partial charge in [-0.1, -0.05) is 26.2 Å². The Balaban J connectivity index is 1.42. The Bertz CT molecular complexity index is 1070. The highest BCUT2D eigenvalue weighted by atomic mass is 79.9. The highest BCUT2D eigenvalue weighted by Crippen LogP contribution is 2.30. The molecule has 1 fully saturated rings. The van der Waals surface area contributed by atoms with Crippen LogP contribution in [0.4, 0.5) is 5.69 Å². The van der Waals surface area contributed by atoms with Gasteiger partial charge in [0.05, 0.1) is 11.1 Å². The van der Waals surface area contributed by atoms with E-state index in [9.17, 15) is 14.4 Å². The smallest absolute Gasteiger partial charge is 0.269 e. The Labute approximate surface area is 218 Å². The van der Waals surface area contributed by atoms with E-state index in [0.29, 0.717) is 33.6 Å². The van der Waals surface area contributed by atoms with Crippen LogP contribution < -0.4 is 26.2 Å². The van der Waals surface area contributed by atoms with E-state index in [-0.39, 0.29) is 16.9 Å². The van der Waals surface area contributed by atoms with Gasteiger partial charge in [-0.2, -0.15) is 0 Å². The first-order valence-corrected chi connectivity index (χ1v) is 12.8. The molecule has 1 aliphatic carbocycles. The number of halogens is 1. The van der Waals surface area contributed by atoms with Gasteiger partial charge >= 0.3 is 0 Å². The van der Waals surface area contributed by atoms with E-state index in [0.717, 1.165) is 25.7 Å². The molecule has 2 aromatic carbocycles. The standard InChI is InChI=1S/C25H29BrN4O4S/c1-2-3-4-5-14-34-21-13-10-18(15-20(21)26)23(32)28-25(35)30-29-24(33)17-8-11-19(12-9-17)27-22(31)16-6-7-16/h8-13,15-16H,2-7,14H2,1H3,(H,27,31)(H,29,33)(H2,28,30,32,35). The van der Waals surface area contributed by atoms with Crippen molar-refractivity contribution in [2.24, 2.45) is 5.92 Å². The third kappa shape index (κ3) is 8.63. The maximum absolute atomic E-state index is 12.5. The molecule has 0 aliphatic heterocycles. The largest absolute Gasteiger partial charge is 0.492 e. The van der Waals surface area contributed by atoms with Crippen LogP contribution in [0.2, 0.25) is 0 Å². The Morgan fingerprint density at radius 2 is 1.69 bits per heavy atom. The van der Waals surface area contributed by atoms with Crippen molar-refractivity contribution in [1.82, 2.24) is 16.2 Å². The van der Waals surface area contributed by atoms with Crippen molar-refractivity contribution in [3.63, 3.8) is 0 Å². The minimum Gasteiger partial charge on any atom is -0.492 e. The molecule has 3 rings (SSSR count). The molecular formula is C25H29BrN4O4S. The fourth-order valence-electron chi connectivity index (χ4n) is 3.16. The lowest BCUT2D eigenvalue weighted by Crippen LogP contribution is -2.48. The van der Waals surface area contributed by atoms with Gasteiger partial charge in [-0.15, -0.1) is 0 Å². The number of carbonyl (C=O) groups is 3. The molecule has 2 aromatic rings. The summed E-state index contributed by atoms with van der Waals surface area (Å²) in [5, 5.41) is 5.29. The zero-order valence-electron chi connectivity index (χ0n) is 19.5. The van der Waals surface area contributed by atoms with Crippen LogP contribution in [0.15, 0.2) is 46.9 Å². The second-order valence-corrected chi connectivity index (χ2v) is 9.52. The molecule has 0 atom stereocenters. The van der Waals surface area contributed by atoms with Gasteiger partial charge < -0.3 is 10.1 Å². The van der Waals surface area contributed by atoms with Crippen LogP contribution in [0.25, 0.3) is 0 Å². The summed E-state index contributed by atoms with van der Waals surface area (Å²) in [6, 6.07) is 11.5. The summed E-state index contributed by atoms with van der Waals surface area (Å²) in [7, 11) is 0. The van der Waals surface area contributed by atoms with Gasteiger partial charge in [0, 0.05) is 22.7 Å². The number of carbonyl (C=O) groups excluding carboxylic acids is 3. The topological polar surface area (TPSA) is 109 Å². The van der Waals surface area contributed by atoms with Gasteiger partial charge in [-0.25, -0.2) is 0 Å². The van der Waals surface area contributed by atoms with Crippen molar-refractivity contribution in [3.8, 4) is 5.75 Å². The molecule has 3 amide bonds. The number of ether oxygens (including phenoxy) is 1. The molecular weight excluding hydrogens is 532 g/mol. The van der Waals surface area contributed by atoms with Gasteiger partial charge in [-0.3, -0.25) is 30.6 Å². The summed E-state index contributed by atoms with van der Waals surface area (Å²) in [5.41, 5.74) is 6.34. The van der Waals surface area contributed by atoms with Crippen LogP contribution >= 0.6 is 28.1 Å². The molecule has 0 unspecified atom stereocenters. The Morgan fingerprint density at radius 1 is 0.971 bits per heavy atom. The molecule has 1 aliphatic rings. The SMILES string of the molecule is CCCCCCOc1ccc(C(=O)NC(=S)NNC(=O)c2ccc(NC(=O)C3CC3)cc2)cc1Br. The Morgan fingerprint density at radius 3 is 2.34 bits per heavy atom. The Hall–Kier alpha value is -2.98. The molecule has 0 saturated heterocycles. The second-order valence-electron chi connectivity index (χ2n) is 8.26. The lowest BCUT2D eigenvalue weighted by atomic mass is 10.2. The normalized spacial score (nSPS) is 12.4. The molecule has 1 saturated carbocycles. The predicted molar refractivity (Wildman–Crippen MR) is 142 cm³/mol. The van der Waals surface area contributed by atoms with Crippen LogP contribution in [0.5, 0.6) is 5.75 Å². The highest BCUT2D eigenvalue weighted by molar-refractivity contribution is 9.10. The number of thiocarbonyl (C=S) groups is 1. The maximum Gasteiger partial charge on any atom is 0.269 e. The molecule has 186 valence electrons. The molecule has 4 N–H and O–H groups in total. The van der Waals surface area contributed by atoms with Gasteiger partial charge in [0.15, 0.2) is 5.11 Å². The van der Waals surface area contributed by atoms with E-state index < -0.39 is 11.8 Å². The molecule has 8 nitrogen and oxygen atoms in total. The van der Waals surface area contributed by atoms with Gasteiger partial charge in [0.2, 0.25) is 5.91 Å². The summed E-state index contributed by atoms with van der Waals surface area (Å²) in [6.07, 6.45) is 6.30. The quantitative estimate of drug-likeness (QED) is 0.190. The van der Waals surface area contributed by atoms with E-state index in [1.54, 1.807) is 42.5 Å². The van der Waals surface area contributed by atoms with E-state index >= 15 is 0 Å². The summed E-state index contributed by atoms with van der Waals surface area (Å²) >= 11 is 8.54. The summed E-state index contributed by atoms with van der Waals surface area (Å²) in [5.74, 6) is -0.0932. The summed E-state index contributed by atoms with van der Waals surface area (Å²) in [4.78, 5) is 36.6. The van der Waals surface area contributed by atoms with Crippen LogP contribution in [-0.2, 0) is 4.79 Å². The van der Waals surface area contributed by atoms with Gasteiger partial charge in [0.1, 0.15) is 5.75 Å². The average Bonchev–Trinajstić information content (AvgIpc) is 3.69.